The van der Waals surface area contributed by atoms with E-state index in [2.05, 4.69) is 4.98 Å². The summed E-state index contributed by atoms with van der Waals surface area (Å²) >= 11 is 1.44. The minimum Gasteiger partial charge on any atom is -0.337 e. The number of hydrogen-bond acceptors (Lipinski definition) is 3. The molecule has 0 fully saturated rings. The Morgan fingerprint density at radius 2 is 2.30 bits per heavy atom. The van der Waals surface area contributed by atoms with Crippen molar-refractivity contribution in [3.8, 4) is 0 Å². The second kappa shape index (κ2) is 5.17. The number of ketones is 1. The third-order valence-corrected chi connectivity index (χ3v) is 4.62. The summed E-state index contributed by atoms with van der Waals surface area (Å²) in [7, 11) is 0. The number of aromatic nitrogens is 2. The number of fused-ring (bicyclic) bond motifs is 1. The van der Waals surface area contributed by atoms with Crippen LogP contribution >= 0.6 is 11.3 Å². The van der Waals surface area contributed by atoms with E-state index in [1.807, 2.05) is 17.7 Å². The van der Waals surface area contributed by atoms with Crippen LogP contribution in [0.4, 0.5) is 4.39 Å². The van der Waals surface area contributed by atoms with Gasteiger partial charge in [0.15, 0.2) is 5.78 Å². The predicted molar refractivity (Wildman–Crippen MR) is 77.7 cm³/mol. The van der Waals surface area contributed by atoms with Gasteiger partial charge in [0, 0.05) is 30.1 Å². The molecule has 0 unspecified atom stereocenters. The number of Topliss-reactive ketones (excluding diaryl/α,β-unsaturated/α-hetero) is 1. The Hall–Kier alpha value is -2.01. The lowest BCUT2D eigenvalue weighted by Gasteiger charge is -2.01. The highest BCUT2D eigenvalue weighted by Gasteiger charge is 2.15. The summed E-state index contributed by atoms with van der Waals surface area (Å²) in [6.07, 6.45) is 5.64. The van der Waals surface area contributed by atoms with Crippen LogP contribution in [-0.4, -0.2) is 15.3 Å². The monoisotopic (exact) mass is 288 g/mol. The molecule has 0 amide bonds. The molecular formula is C15H13FN2OS. The van der Waals surface area contributed by atoms with Crippen molar-refractivity contribution in [3.05, 3.63) is 53.2 Å². The zero-order valence-electron chi connectivity index (χ0n) is 11.0. The van der Waals surface area contributed by atoms with Gasteiger partial charge in [-0.2, -0.15) is 0 Å². The second-order valence-corrected chi connectivity index (χ2v) is 5.72. The zero-order chi connectivity index (χ0) is 14.1. The minimum absolute atomic E-state index is 0.0952. The fraction of sp³-hybridized carbons (Fsp3) is 0.200. The molecule has 102 valence electrons. The van der Waals surface area contributed by atoms with Crippen molar-refractivity contribution in [3.63, 3.8) is 0 Å². The topological polar surface area (TPSA) is 34.9 Å². The Bertz CT molecular complexity index is 762. The summed E-state index contributed by atoms with van der Waals surface area (Å²) in [6.45, 7) is 2.49. The normalized spacial score (nSPS) is 11.1. The van der Waals surface area contributed by atoms with Gasteiger partial charge in [-0.3, -0.25) is 4.79 Å². The second-order valence-electron chi connectivity index (χ2n) is 4.67. The Kier molecular flexibility index (Phi) is 3.36. The van der Waals surface area contributed by atoms with Crippen LogP contribution in [0.15, 0.2) is 36.9 Å². The molecule has 2 heterocycles. The standard InChI is InChI=1S/C15H13FN2OS/c1-10-12-8-11(16)2-3-14(12)20-15(10)13(19)4-6-18-7-5-17-9-18/h2-3,5,7-9H,4,6H2,1H3. The molecule has 20 heavy (non-hydrogen) atoms. The maximum absolute atomic E-state index is 13.3. The van der Waals surface area contributed by atoms with Crippen molar-refractivity contribution in [2.75, 3.05) is 0 Å². The number of benzene rings is 1. The Labute approximate surface area is 119 Å². The first-order chi connectivity index (χ1) is 9.65. The van der Waals surface area contributed by atoms with Gasteiger partial charge in [-0.05, 0) is 36.1 Å². The highest BCUT2D eigenvalue weighted by molar-refractivity contribution is 7.21. The molecule has 5 heteroatoms. The van der Waals surface area contributed by atoms with E-state index < -0.39 is 0 Å². The molecule has 0 radical (unpaired) electrons. The lowest BCUT2D eigenvalue weighted by Crippen LogP contribution is -2.04. The average Bonchev–Trinajstić information content (AvgIpc) is 3.05. The van der Waals surface area contributed by atoms with Crippen LogP contribution in [-0.2, 0) is 6.54 Å². The number of carbonyl (C=O) groups excluding carboxylic acids is 1. The summed E-state index contributed by atoms with van der Waals surface area (Å²) in [5.41, 5.74) is 0.875. The van der Waals surface area contributed by atoms with Crippen LogP contribution in [0, 0.1) is 12.7 Å². The van der Waals surface area contributed by atoms with Gasteiger partial charge in [0.25, 0.3) is 0 Å². The quantitative estimate of drug-likeness (QED) is 0.684. The van der Waals surface area contributed by atoms with Gasteiger partial charge in [-0.1, -0.05) is 0 Å². The first kappa shape index (κ1) is 13.0. The van der Waals surface area contributed by atoms with E-state index >= 15 is 0 Å². The van der Waals surface area contributed by atoms with E-state index in [1.54, 1.807) is 18.6 Å². The molecule has 3 nitrogen and oxygen atoms in total. The van der Waals surface area contributed by atoms with Crippen LogP contribution in [0.1, 0.15) is 21.7 Å². The number of rotatable bonds is 4. The summed E-state index contributed by atoms with van der Waals surface area (Å²) in [5, 5.41) is 0.834. The van der Waals surface area contributed by atoms with Gasteiger partial charge in [-0.25, -0.2) is 9.37 Å². The first-order valence-corrected chi connectivity index (χ1v) is 7.14. The molecule has 0 aliphatic rings. The highest BCUT2D eigenvalue weighted by Crippen LogP contribution is 2.32. The number of carbonyl (C=O) groups is 1. The van der Waals surface area contributed by atoms with Gasteiger partial charge in [0.2, 0.25) is 0 Å². The molecule has 0 bridgehead atoms. The van der Waals surface area contributed by atoms with Gasteiger partial charge in [0.05, 0.1) is 11.2 Å². The number of thiophene rings is 1. The third-order valence-electron chi connectivity index (χ3n) is 3.31. The van der Waals surface area contributed by atoms with E-state index in [-0.39, 0.29) is 11.6 Å². The van der Waals surface area contributed by atoms with Gasteiger partial charge in [-0.15, -0.1) is 11.3 Å². The lowest BCUT2D eigenvalue weighted by atomic mass is 10.1. The molecule has 0 aliphatic carbocycles. The molecular weight excluding hydrogens is 275 g/mol. The molecule has 0 spiro atoms. The Balaban J connectivity index is 1.86. The molecule has 3 rings (SSSR count). The molecule has 2 aromatic heterocycles. The molecule has 0 saturated carbocycles. The van der Waals surface area contributed by atoms with E-state index in [0.29, 0.717) is 13.0 Å². The molecule has 3 aromatic rings. The molecule has 0 aliphatic heterocycles. The maximum atomic E-state index is 13.3. The number of aryl methyl sites for hydroxylation is 2. The highest BCUT2D eigenvalue weighted by atomic mass is 32.1. The number of nitrogens with zero attached hydrogens (tertiary/aromatic N) is 2. The van der Waals surface area contributed by atoms with Crippen molar-refractivity contribution < 1.29 is 9.18 Å². The van der Waals surface area contributed by atoms with Gasteiger partial charge in [0.1, 0.15) is 5.82 Å². The molecule has 0 N–H and O–H groups in total. The number of imidazole rings is 1. The van der Waals surface area contributed by atoms with Crippen LogP contribution in [0.2, 0.25) is 0 Å². The van der Waals surface area contributed by atoms with E-state index in [9.17, 15) is 9.18 Å². The number of halogens is 1. The van der Waals surface area contributed by atoms with E-state index in [4.69, 9.17) is 0 Å². The fourth-order valence-electron chi connectivity index (χ4n) is 2.22. The number of hydrogen-bond donors (Lipinski definition) is 0. The van der Waals surface area contributed by atoms with Crippen LogP contribution < -0.4 is 0 Å². The van der Waals surface area contributed by atoms with Crippen molar-refractivity contribution in [2.24, 2.45) is 0 Å². The van der Waals surface area contributed by atoms with Gasteiger partial charge >= 0.3 is 0 Å². The minimum atomic E-state index is -0.268. The Morgan fingerprint density at radius 3 is 3.05 bits per heavy atom. The zero-order valence-corrected chi connectivity index (χ0v) is 11.8. The lowest BCUT2D eigenvalue weighted by molar-refractivity contribution is 0.0980. The first-order valence-electron chi connectivity index (χ1n) is 6.33. The average molecular weight is 288 g/mol. The van der Waals surface area contributed by atoms with Crippen molar-refractivity contribution in [2.45, 2.75) is 19.9 Å². The maximum Gasteiger partial charge on any atom is 0.174 e. The Morgan fingerprint density at radius 1 is 1.45 bits per heavy atom. The van der Waals surface area contributed by atoms with E-state index in [1.165, 1.54) is 23.5 Å². The molecule has 0 atom stereocenters. The summed E-state index contributed by atoms with van der Waals surface area (Å²) in [6, 6.07) is 4.65. The van der Waals surface area contributed by atoms with Crippen molar-refractivity contribution in [1.82, 2.24) is 9.55 Å². The third kappa shape index (κ3) is 2.36. The summed E-state index contributed by atoms with van der Waals surface area (Å²) < 4.78 is 16.1. The summed E-state index contributed by atoms with van der Waals surface area (Å²) in [5.74, 6) is -0.173. The fourth-order valence-corrected chi connectivity index (χ4v) is 3.38. The predicted octanol–water partition coefficient (Wildman–Crippen LogP) is 3.82. The SMILES string of the molecule is Cc1c(C(=O)CCn2ccnc2)sc2ccc(F)cc12. The van der Waals surface area contributed by atoms with Gasteiger partial charge < -0.3 is 4.57 Å². The van der Waals surface area contributed by atoms with E-state index in [0.717, 1.165) is 20.5 Å². The van der Waals surface area contributed by atoms with Crippen molar-refractivity contribution >= 4 is 27.2 Å². The smallest absolute Gasteiger partial charge is 0.174 e. The molecule has 0 saturated heterocycles. The van der Waals surface area contributed by atoms with Crippen molar-refractivity contribution in [1.29, 1.82) is 0 Å². The molecule has 1 aromatic carbocycles. The summed E-state index contributed by atoms with van der Waals surface area (Å²) in [4.78, 5) is 17.0. The van der Waals surface area contributed by atoms with Crippen LogP contribution in [0.3, 0.4) is 0 Å². The van der Waals surface area contributed by atoms with Crippen LogP contribution in [0.25, 0.3) is 10.1 Å². The largest absolute Gasteiger partial charge is 0.337 e. The van der Waals surface area contributed by atoms with Crippen LogP contribution in [0.5, 0.6) is 0 Å².